The molecule has 0 aromatic carbocycles. The Morgan fingerprint density at radius 1 is 1.38 bits per heavy atom. The summed E-state index contributed by atoms with van der Waals surface area (Å²) >= 11 is 0. The van der Waals surface area contributed by atoms with E-state index in [1.807, 2.05) is 0 Å². The monoisotopic (exact) mass is 398 g/mol. The predicted octanol–water partition coefficient (Wildman–Crippen LogP) is 0.704. The third-order valence-corrected chi connectivity index (χ3v) is 4.25. The number of hydrogen-bond acceptors (Lipinski definition) is 5. The van der Waals surface area contributed by atoms with Gasteiger partial charge in [-0.15, -0.1) is 0 Å². The van der Waals surface area contributed by atoms with Gasteiger partial charge in [0.05, 0.1) is 42.0 Å². The minimum Gasteiger partial charge on any atom is -0.343 e. The number of aryl methyl sites for hydroxylation is 1. The summed E-state index contributed by atoms with van der Waals surface area (Å²) in [6.45, 7) is -1.35. The summed E-state index contributed by atoms with van der Waals surface area (Å²) in [5, 5.41) is 15.4. The van der Waals surface area contributed by atoms with Gasteiger partial charge in [0.1, 0.15) is 6.04 Å². The van der Waals surface area contributed by atoms with Crippen molar-refractivity contribution >= 4 is 11.8 Å². The van der Waals surface area contributed by atoms with Crippen LogP contribution in [0.4, 0.5) is 8.78 Å². The smallest absolute Gasteiger partial charge is 0.268 e. The third kappa shape index (κ3) is 4.74. The van der Waals surface area contributed by atoms with E-state index in [0.717, 1.165) is 4.90 Å². The van der Waals surface area contributed by atoms with E-state index in [2.05, 4.69) is 27.2 Å². The zero-order valence-corrected chi connectivity index (χ0v) is 15.4. The van der Waals surface area contributed by atoms with Crippen LogP contribution in [0.2, 0.25) is 0 Å². The van der Waals surface area contributed by atoms with E-state index in [9.17, 15) is 18.4 Å². The molecule has 29 heavy (non-hydrogen) atoms. The number of nitrogens with zero attached hydrogens (tertiary/aromatic N) is 5. The van der Waals surface area contributed by atoms with Crippen molar-refractivity contribution in [3.05, 3.63) is 47.5 Å². The first-order valence-corrected chi connectivity index (χ1v) is 8.59. The molecule has 3 heterocycles. The fourth-order valence-electron chi connectivity index (χ4n) is 2.86. The zero-order valence-electron chi connectivity index (χ0n) is 15.4. The van der Waals surface area contributed by atoms with Crippen LogP contribution in [0, 0.1) is 23.2 Å². The van der Waals surface area contributed by atoms with Crippen LogP contribution < -0.4 is 5.32 Å². The molecule has 148 valence electrons. The standard InChI is InChI=1S/C19H16F2N6O2/c1-26-11-13(8-25-26)2-3-14-9-23-5-4-16(14)18(29)24-10-17(28)27-12-19(20,21)6-15(27)7-22/h4-5,8-9,11,15H,6,10,12H2,1H3,(H,24,29). The zero-order chi connectivity index (χ0) is 21.0. The summed E-state index contributed by atoms with van der Waals surface area (Å²) in [5.41, 5.74) is 1.17. The molecule has 1 unspecified atom stereocenters. The summed E-state index contributed by atoms with van der Waals surface area (Å²) < 4.78 is 28.5. The molecule has 1 saturated heterocycles. The number of alkyl halides is 2. The van der Waals surface area contributed by atoms with E-state index < -0.39 is 43.3 Å². The van der Waals surface area contributed by atoms with E-state index in [-0.39, 0.29) is 5.56 Å². The molecule has 1 N–H and O–H groups in total. The van der Waals surface area contributed by atoms with Crippen molar-refractivity contribution < 1.29 is 18.4 Å². The van der Waals surface area contributed by atoms with Crippen LogP contribution in [0.15, 0.2) is 30.9 Å². The number of halogens is 2. The average molecular weight is 398 g/mol. The average Bonchev–Trinajstić information content (AvgIpc) is 3.26. The lowest BCUT2D eigenvalue weighted by Crippen LogP contribution is -2.43. The van der Waals surface area contributed by atoms with Crippen LogP contribution in [-0.4, -0.2) is 56.5 Å². The van der Waals surface area contributed by atoms with Crippen molar-refractivity contribution in [2.75, 3.05) is 13.1 Å². The van der Waals surface area contributed by atoms with Crippen molar-refractivity contribution in [3.8, 4) is 17.9 Å². The molecule has 1 fully saturated rings. The SMILES string of the molecule is Cn1cc(C#Cc2cnccc2C(=O)NCC(=O)N2CC(F)(F)CC2C#N)cn1. The van der Waals surface area contributed by atoms with Crippen LogP contribution in [0.3, 0.4) is 0 Å². The van der Waals surface area contributed by atoms with Gasteiger partial charge in [-0.3, -0.25) is 19.3 Å². The summed E-state index contributed by atoms with van der Waals surface area (Å²) in [6, 6.07) is 1.92. The number of nitrogens with one attached hydrogen (secondary N) is 1. The molecule has 1 aliphatic heterocycles. The minimum atomic E-state index is -3.11. The van der Waals surface area contributed by atoms with Gasteiger partial charge in [-0.1, -0.05) is 11.8 Å². The highest BCUT2D eigenvalue weighted by atomic mass is 19.3. The van der Waals surface area contributed by atoms with Crippen LogP contribution in [0.5, 0.6) is 0 Å². The fraction of sp³-hybridized carbons (Fsp3) is 0.316. The Morgan fingerprint density at radius 2 is 2.17 bits per heavy atom. The molecular weight excluding hydrogens is 382 g/mol. The van der Waals surface area contributed by atoms with E-state index in [1.165, 1.54) is 18.5 Å². The number of amides is 2. The van der Waals surface area contributed by atoms with Crippen molar-refractivity contribution in [2.24, 2.45) is 7.05 Å². The topological polar surface area (TPSA) is 104 Å². The second kappa shape index (κ2) is 8.07. The highest BCUT2D eigenvalue weighted by Crippen LogP contribution is 2.31. The Hall–Kier alpha value is -3.79. The molecule has 0 bridgehead atoms. The molecule has 2 amide bonds. The first-order chi connectivity index (χ1) is 13.8. The second-order valence-electron chi connectivity index (χ2n) is 6.48. The molecule has 3 rings (SSSR count). The Bertz CT molecular complexity index is 1050. The van der Waals surface area contributed by atoms with Gasteiger partial charge in [0.25, 0.3) is 11.8 Å². The maximum atomic E-state index is 13.5. The quantitative estimate of drug-likeness (QED) is 0.767. The fourth-order valence-corrected chi connectivity index (χ4v) is 2.86. The van der Waals surface area contributed by atoms with Gasteiger partial charge < -0.3 is 10.2 Å². The van der Waals surface area contributed by atoms with E-state index in [4.69, 9.17) is 5.26 Å². The van der Waals surface area contributed by atoms with Crippen molar-refractivity contribution in [3.63, 3.8) is 0 Å². The Balaban J connectivity index is 1.68. The molecule has 8 nitrogen and oxygen atoms in total. The third-order valence-electron chi connectivity index (χ3n) is 4.25. The second-order valence-corrected chi connectivity index (χ2v) is 6.48. The molecule has 0 radical (unpaired) electrons. The summed E-state index contributed by atoms with van der Waals surface area (Å²) in [6.07, 6.45) is 5.38. The molecule has 1 aliphatic rings. The van der Waals surface area contributed by atoms with E-state index in [0.29, 0.717) is 11.1 Å². The Labute approximate surface area is 165 Å². The summed E-state index contributed by atoms with van der Waals surface area (Å²) in [5.74, 6) is 1.23. The highest BCUT2D eigenvalue weighted by molar-refractivity contribution is 5.98. The van der Waals surface area contributed by atoms with Crippen LogP contribution in [0.1, 0.15) is 27.9 Å². The highest BCUT2D eigenvalue weighted by Gasteiger charge is 2.47. The number of nitriles is 1. The van der Waals surface area contributed by atoms with Crippen LogP contribution in [-0.2, 0) is 11.8 Å². The molecule has 0 saturated carbocycles. The number of aromatic nitrogens is 3. The van der Waals surface area contributed by atoms with Gasteiger partial charge >= 0.3 is 0 Å². The van der Waals surface area contributed by atoms with Gasteiger partial charge in [-0.05, 0) is 6.07 Å². The number of likely N-dealkylation sites (tertiary alicyclic amines) is 1. The molecule has 0 aliphatic carbocycles. The lowest BCUT2D eigenvalue weighted by molar-refractivity contribution is -0.131. The maximum absolute atomic E-state index is 13.5. The van der Waals surface area contributed by atoms with Gasteiger partial charge in [-0.2, -0.15) is 10.4 Å². The Kier molecular flexibility index (Phi) is 5.55. The van der Waals surface area contributed by atoms with Crippen LogP contribution >= 0.6 is 0 Å². The normalized spacial score (nSPS) is 17.2. The summed E-state index contributed by atoms with van der Waals surface area (Å²) in [7, 11) is 1.75. The molecule has 1 atom stereocenters. The lowest BCUT2D eigenvalue weighted by Gasteiger charge is -2.19. The van der Waals surface area contributed by atoms with Gasteiger partial charge in [0.2, 0.25) is 5.91 Å². The first-order valence-electron chi connectivity index (χ1n) is 8.59. The van der Waals surface area contributed by atoms with Crippen molar-refractivity contribution in [1.82, 2.24) is 25.0 Å². The minimum absolute atomic E-state index is 0.188. The van der Waals surface area contributed by atoms with Crippen LogP contribution in [0.25, 0.3) is 0 Å². The number of rotatable bonds is 3. The molecule has 2 aromatic heterocycles. The molecule has 2 aromatic rings. The number of carbonyl (C=O) groups excluding carboxylic acids is 2. The maximum Gasteiger partial charge on any atom is 0.268 e. The number of hydrogen-bond donors (Lipinski definition) is 1. The number of carbonyl (C=O) groups is 2. The largest absolute Gasteiger partial charge is 0.343 e. The van der Waals surface area contributed by atoms with Crippen molar-refractivity contribution in [2.45, 2.75) is 18.4 Å². The first kappa shape index (κ1) is 20.0. The van der Waals surface area contributed by atoms with E-state index >= 15 is 0 Å². The number of pyridine rings is 1. The predicted molar refractivity (Wildman–Crippen MR) is 96.4 cm³/mol. The van der Waals surface area contributed by atoms with Gasteiger partial charge in [-0.25, -0.2) is 8.78 Å². The van der Waals surface area contributed by atoms with Gasteiger partial charge in [0, 0.05) is 32.1 Å². The van der Waals surface area contributed by atoms with Gasteiger partial charge in [0.15, 0.2) is 0 Å². The summed E-state index contributed by atoms with van der Waals surface area (Å²) in [4.78, 5) is 29.4. The van der Waals surface area contributed by atoms with E-state index in [1.54, 1.807) is 30.2 Å². The molecular formula is C19H16F2N6O2. The molecule has 0 spiro atoms. The molecule has 10 heteroatoms. The lowest BCUT2D eigenvalue weighted by atomic mass is 10.1. The van der Waals surface area contributed by atoms with Crippen molar-refractivity contribution in [1.29, 1.82) is 5.26 Å². The Morgan fingerprint density at radius 3 is 2.86 bits per heavy atom.